The van der Waals surface area contributed by atoms with Crippen LogP contribution in [0.2, 0.25) is 5.02 Å². The monoisotopic (exact) mass is 448 g/mol. The van der Waals surface area contributed by atoms with Crippen molar-refractivity contribution in [1.82, 2.24) is 14.9 Å². The summed E-state index contributed by atoms with van der Waals surface area (Å²) < 4.78 is 13.2. The van der Waals surface area contributed by atoms with Crippen molar-refractivity contribution in [1.29, 1.82) is 0 Å². The average molecular weight is 449 g/mol. The molecule has 162 valence electrons. The lowest BCUT2D eigenvalue weighted by Crippen LogP contribution is -2.42. The lowest BCUT2D eigenvalue weighted by molar-refractivity contribution is 0.0718. The van der Waals surface area contributed by atoms with Crippen LogP contribution in [0.1, 0.15) is 23.2 Å². The number of carbonyl (C=O) groups is 1. The van der Waals surface area contributed by atoms with Crippen LogP contribution in [0.25, 0.3) is 22.4 Å². The first-order valence-corrected chi connectivity index (χ1v) is 11.0. The van der Waals surface area contributed by atoms with E-state index < -0.39 is 0 Å². The van der Waals surface area contributed by atoms with Gasteiger partial charge in [0.1, 0.15) is 11.6 Å². The molecule has 32 heavy (non-hydrogen) atoms. The summed E-state index contributed by atoms with van der Waals surface area (Å²) in [5, 5.41) is 4.19. The predicted octanol–water partition coefficient (Wildman–Crippen LogP) is 5.74. The van der Waals surface area contributed by atoms with E-state index in [9.17, 15) is 9.18 Å². The normalized spacial score (nSPS) is 14.6. The predicted molar refractivity (Wildman–Crippen MR) is 125 cm³/mol. The number of para-hydroxylation sites is 1. The Labute approximate surface area is 190 Å². The minimum Gasteiger partial charge on any atom is -0.381 e. The maximum atomic E-state index is 13.2. The number of amides is 1. The number of fused-ring (bicyclic) bond motifs is 1. The molecular weight excluding hydrogens is 427 g/mol. The van der Waals surface area contributed by atoms with E-state index in [1.807, 2.05) is 47.4 Å². The maximum absolute atomic E-state index is 13.2. The molecule has 0 atom stereocenters. The third kappa shape index (κ3) is 4.18. The first-order valence-electron chi connectivity index (χ1n) is 10.6. The number of aromatic nitrogens is 2. The number of benzene rings is 3. The Morgan fingerprint density at radius 2 is 1.81 bits per heavy atom. The van der Waals surface area contributed by atoms with Crippen molar-refractivity contribution in [2.24, 2.45) is 0 Å². The van der Waals surface area contributed by atoms with Crippen molar-refractivity contribution in [2.75, 3.05) is 18.4 Å². The second kappa shape index (κ2) is 8.63. The Balaban J connectivity index is 1.27. The first-order chi connectivity index (χ1) is 15.6. The van der Waals surface area contributed by atoms with Crippen LogP contribution in [-0.2, 0) is 0 Å². The molecule has 1 fully saturated rings. The second-order valence-corrected chi connectivity index (χ2v) is 8.42. The van der Waals surface area contributed by atoms with Gasteiger partial charge in [-0.25, -0.2) is 9.37 Å². The highest BCUT2D eigenvalue weighted by molar-refractivity contribution is 6.33. The third-order valence-electron chi connectivity index (χ3n) is 5.86. The number of H-pyrrole nitrogens is 1. The van der Waals surface area contributed by atoms with Gasteiger partial charge in [0.25, 0.3) is 5.91 Å². The minimum atomic E-state index is -0.288. The molecule has 2 N–H and O–H groups in total. The molecule has 5 rings (SSSR count). The molecule has 4 aromatic rings. The highest BCUT2D eigenvalue weighted by atomic mass is 35.5. The molecule has 0 saturated carbocycles. The molecule has 7 heteroatoms. The lowest BCUT2D eigenvalue weighted by atomic mass is 10.0. The number of nitrogens with zero attached hydrogens (tertiary/aromatic N) is 2. The number of rotatable bonds is 4. The van der Waals surface area contributed by atoms with Crippen LogP contribution in [-0.4, -0.2) is 39.9 Å². The number of halogens is 2. The van der Waals surface area contributed by atoms with Crippen molar-refractivity contribution in [3.05, 3.63) is 83.1 Å². The van der Waals surface area contributed by atoms with Crippen molar-refractivity contribution >= 4 is 34.2 Å². The maximum Gasteiger partial charge on any atom is 0.253 e. The van der Waals surface area contributed by atoms with Gasteiger partial charge in [-0.3, -0.25) is 4.79 Å². The summed E-state index contributed by atoms with van der Waals surface area (Å²) in [7, 11) is 0. The number of anilines is 1. The Kier molecular flexibility index (Phi) is 5.53. The van der Waals surface area contributed by atoms with Gasteiger partial charge in [0.2, 0.25) is 0 Å². The summed E-state index contributed by atoms with van der Waals surface area (Å²) in [6, 6.07) is 19.7. The summed E-state index contributed by atoms with van der Waals surface area (Å²) in [6.07, 6.45) is 1.72. The van der Waals surface area contributed by atoms with Crippen molar-refractivity contribution in [3.63, 3.8) is 0 Å². The standard InChI is InChI=1S/C25H22ClFN4O/c26-20-3-1-2-4-21(20)28-19-11-13-31(14-12-19)25(32)17-7-10-22-23(15-17)30-24(29-22)16-5-8-18(27)9-6-16/h1-10,15,19,28H,11-14H2,(H,29,30). The SMILES string of the molecule is O=C(c1ccc2nc(-c3ccc(F)cc3)[nH]c2c1)N1CCC(Nc2ccccc2Cl)CC1. The van der Waals surface area contributed by atoms with E-state index in [0.29, 0.717) is 29.5 Å². The Morgan fingerprint density at radius 1 is 1.06 bits per heavy atom. The number of imidazole rings is 1. The summed E-state index contributed by atoms with van der Waals surface area (Å²) in [4.78, 5) is 22.8. The fourth-order valence-corrected chi connectivity index (χ4v) is 4.29. The number of piperidine rings is 1. The van der Waals surface area contributed by atoms with Gasteiger partial charge in [0.05, 0.1) is 21.7 Å². The van der Waals surface area contributed by atoms with E-state index in [-0.39, 0.29) is 17.8 Å². The molecule has 0 bridgehead atoms. The van der Waals surface area contributed by atoms with Gasteiger partial charge in [-0.15, -0.1) is 0 Å². The van der Waals surface area contributed by atoms with Gasteiger partial charge in [-0.05, 0) is 67.4 Å². The largest absolute Gasteiger partial charge is 0.381 e. The molecule has 3 aromatic carbocycles. The van der Waals surface area contributed by atoms with E-state index in [1.165, 1.54) is 12.1 Å². The van der Waals surface area contributed by atoms with Crippen LogP contribution in [0.15, 0.2) is 66.7 Å². The molecule has 2 heterocycles. The third-order valence-corrected chi connectivity index (χ3v) is 6.19. The highest BCUT2D eigenvalue weighted by Gasteiger charge is 2.24. The summed E-state index contributed by atoms with van der Waals surface area (Å²) in [6.45, 7) is 1.37. The number of hydrogen-bond acceptors (Lipinski definition) is 3. The van der Waals surface area contributed by atoms with Crippen LogP contribution in [0.5, 0.6) is 0 Å². The van der Waals surface area contributed by atoms with E-state index >= 15 is 0 Å². The Morgan fingerprint density at radius 3 is 2.56 bits per heavy atom. The van der Waals surface area contributed by atoms with Crippen molar-refractivity contribution in [2.45, 2.75) is 18.9 Å². The van der Waals surface area contributed by atoms with Gasteiger partial charge < -0.3 is 15.2 Å². The number of carbonyl (C=O) groups excluding carboxylic acids is 1. The molecule has 5 nitrogen and oxygen atoms in total. The number of nitrogens with one attached hydrogen (secondary N) is 2. The Bertz CT molecular complexity index is 1260. The van der Waals surface area contributed by atoms with Gasteiger partial charge in [-0.1, -0.05) is 23.7 Å². The molecule has 1 aliphatic heterocycles. The van der Waals surface area contributed by atoms with Gasteiger partial charge in [0.15, 0.2) is 0 Å². The van der Waals surface area contributed by atoms with Crippen LogP contribution in [0, 0.1) is 5.82 Å². The molecule has 1 aliphatic rings. The first kappa shape index (κ1) is 20.5. The van der Waals surface area contributed by atoms with Crippen molar-refractivity contribution < 1.29 is 9.18 Å². The number of hydrogen-bond donors (Lipinski definition) is 2. The lowest BCUT2D eigenvalue weighted by Gasteiger charge is -2.33. The Hall–Kier alpha value is -3.38. The van der Waals surface area contributed by atoms with E-state index in [4.69, 9.17) is 11.6 Å². The molecule has 1 amide bonds. The van der Waals surface area contributed by atoms with Crippen molar-refractivity contribution in [3.8, 4) is 11.4 Å². The molecule has 1 saturated heterocycles. The van der Waals surface area contributed by atoms with Crippen LogP contribution in [0.3, 0.4) is 0 Å². The fraction of sp³-hybridized carbons (Fsp3) is 0.200. The van der Waals surface area contributed by atoms with Gasteiger partial charge in [-0.2, -0.15) is 0 Å². The molecule has 0 aliphatic carbocycles. The molecule has 0 radical (unpaired) electrons. The smallest absolute Gasteiger partial charge is 0.253 e. The van der Waals surface area contributed by atoms with E-state index in [2.05, 4.69) is 15.3 Å². The summed E-state index contributed by atoms with van der Waals surface area (Å²) in [5.74, 6) is 0.376. The van der Waals surface area contributed by atoms with E-state index in [1.54, 1.807) is 12.1 Å². The minimum absolute atomic E-state index is 0.0148. The van der Waals surface area contributed by atoms with Crippen LogP contribution >= 0.6 is 11.6 Å². The number of aromatic amines is 1. The van der Waals surface area contributed by atoms with Gasteiger partial charge >= 0.3 is 0 Å². The zero-order chi connectivity index (χ0) is 22.1. The van der Waals surface area contributed by atoms with Crippen LogP contribution in [0.4, 0.5) is 10.1 Å². The highest BCUT2D eigenvalue weighted by Crippen LogP contribution is 2.26. The molecule has 0 spiro atoms. The summed E-state index contributed by atoms with van der Waals surface area (Å²) >= 11 is 6.25. The zero-order valence-corrected chi connectivity index (χ0v) is 18.1. The quantitative estimate of drug-likeness (QED) is 0.418. The van der Waals surface area contributed by atoms with Gasteiger partial charge in [0, 0.05) is 30.3 Å². The second-order valence-electron chi connectivity index (χ2n) is 8.01. The summed E-state index contributed by atoms with van der Waals surface area (Å²) in [5.41, 5.74) is 3.91. The number of likely N-dealkylation sites (tertiary alicyclic amines) is 1. The molecule has 0 unspecified atom stereocenters. The molecule has 1 aromatic heterocycles. The average Bonchev–Trinajstić information content (AvgIpc) is 3.24. The zero-order valence-electron chi connectivity index (χ0n) is 17.3. The van der Waals surface area contributed by atoms with Crippen LogP contribution < -0.4 is 5.32 Å². The van der Waals surface area contributed by atoms with E-state index in [0.717, 1.165) is 35.1 Å². The fourth-order valence-electron chi connectivity index (χ4n) is 4.09. The topological polar surface area (TPSA) is 61.0 Å². The molecular formula is C25H22ClFN4O.